The monoisotopic (exact) mass is 438 g/mol. The van der Waals surface area contributed by atoms with Crippen LogP contribution in [-0.2, 0) is 16.8 Å². The van der Waals surface area contributed by atoms with Gasteiger partial charge in [-0.2, -0.15) is 0 Å². The maximum atomic E-state index is 12.6. The molecule has 5 heteroatoms. The minimum absolute atomic E-state index is 0.0541. The lowest BCUT2D eigenvalue weighted by Gasteiger charge is -2.50. The summed E-state index contributed by atoms with van der Waals surface area (Å²) >= 11 is 0. The number of nitrogens with zero attached hydrogens (tertiary/aromatic N) is 2. The van der Waals surface area contributed by atoms with Gasteiger partial charge in [0.15, 0.2) is 11.5 Å². The van der Waals surface area contributed by atoms with Gasteiger partial charge in [0, 0.05) is 38.0 Å². The first-order valence-electron chi connectivity index (χ1n) is 11.5. The largest absolute Gasteiger partial charge is 0.493 e. The average molecular weight is 439 g/mol. The van der Waals surface area contributed by atoms with Crippen molar-refractivity contribution in [2.24, 2.45) is 5.92 Å². The fraction of sp³-hybridized carbons (Fsp3) is 0.519. The van der Waals surface area contributed by atoms with Gasteiger partial charge < -0.3 is 19.3 Å². The summed E-state index contributed by atoms with van der Waals surface area (Å²) in [4.78, 5) is 17.0. The van der Waals surface area contributed by atoms with Crippen LogP contribution in [0.15, 0.2) is 48.5 Å². The van der Waals surface area contributed by atoms with Crippen LogP contribution in [0, 0.1) is 5.92 Å². The van der Waals surface area contributed by atoms with Crippen molar-refractivity contribution in [2.75, 3.05) is 34.4 Å². The SMILES string of the molecule is COc1ccc(CN(CC[C@@]2(c3ccccc3)C[C@H](C)N(C)C[C@@H]2C)C(C)=O)cc1OC. The molecule has 1 amide bonds. The zero-order valence-electron chi connectivity index (χ0n) is 20.4. The number of hydrogen-bond donors (Lipinski definition) is 0. The molecule has 0 bridgehead atoms. The summed E-state index contributed by atoms with van der Waals surface area (Å²) in [6.07, 6.45) is 2.04. The molecule has 1 saturated heterocycles. The summed E-state index contributed by atoms with van der Waals surface area (Å²) in [5.74, 6) is 1.98. The van der Waals surface area contributed by atoms with Crippen molar-refractivity contribution in [1.29, 1.82) is 0 Å². The number of hydrogen-bond acceptors (Lipinski definition) is 4. The third-order valence-corrected chi connectivity index (χ3v) is 7.36. The van der Waals surface area contributed by atoms with Crippen LogP contribution in [0.1, 0.15) is 44.7 Å². The fourth-order valence-corrected chi connectivity index (χ4v) is 5.22. The molecule has 0 unspecified atom stereocenters. The molecule has 0 aromatic heterocycles. The second-order valence-corrected chi connectivity index (χ2v) is 9.30. The molecule has 174 valence electrons. The highest BCUT2D eigenvalue weighted by Crippen LogP contribution is 2.44. The highest BCUT2D eigenvalue weighted by atomic mass is 16.5. The van der Waals surface area contributed by atoms with Crippen molar-refractivity contribution < 1.29 is 14.3 Å². The van der Waals surface area contributed by atoms with Gasteiger partial charge in [-0.3, -0.25) is 4.79 Å². The predicted octanol–water partition coefficient (Wildman–Crippen LogP) is 4.74. The van der Waals surface area contributed by atoms with Crippen LogP contribution in [0.3, 0.4) is 0 Å². The number of benzene rings is 2. The summed E-state index contributed by atoms with van der Waals surface area (Å²) in [6.45, 7) is 8.68. The number of methoxy groups -OCH3 is 2. The Bertz CT molecular complexity index is 901. The van der Waals surface area contributed by atoms with E-state index in [0.717, 1.165) is 31.5 Å². The molecule has 0 saturated carbocycles. The molecule has 3 rings (SSSR count). The van der Waals surface area contributed by atoms with Crippen molar-refractivity contribution in [3.63, 3.8) is 0 Å². The quantitative estimate of drug-likeness (QED) is 0.597. The van der Waals surface area contributed by atoms with Crippen molar-refractivity contribution in [3.05, 3.63) is 59.7 Å². The Morgan fingerprint density at radius 1 is 1.09 bits per heavy atom. The Hall–Kier alpha value is -2.53. The van der Waals surface area contributed by atoms with Crippen LogP contribution >= 0.6 is 0 Å². The number of carbonyl (C=O) groups is 1. The molecular formula is C27H38N2O3. The molecule has 1 fully saturated rings. The number of amides is 1. The van der Waals surface area contributed by atoms with Gasteiger partial charge in [0.2, 0.25) is 5.91 Å². The molecule has 1 aliphatic rings. The zero-order valence-corrected chi connectivity index (χ0v) is 20.4. The van der Waals surface area contributed by atoms with Crippen LogP contribution in [0.25, 0.3) is 0 Å². The Balaban J connectivity index is 1.84. The second-order valence-electron chi connectivity index (χ2n) is 9.30. The Morgan fingerprint density at radius 3 is 2.41 bits per heavy atom. The molecular weight excluding hydrogens is 400 g/mol. The number of carbonyl (C=O) groups excluding carboxylic acids is 1. The minimum atomic E-state index is 0.0541. The molecule has 0 N–H and O–H groups in total. The molecule has 5 nitrogen and oxygen atoms in total. The molecule has 0 spiro atoms. The first-order valence-corrected chi connectivity index (χ1v) is 11.5. The first kappa shape index (κ1) is 24.1. The lowest BCUT2D eigenvalue weighted by atomic mass is 9.63. The van der Waals surface area contributed by atoms with Gasteiger partial charge >= 0.3 is 0 Å². The molecule has 1 heterocycles. The summed E-state index contributed by atoms with van der Waals surface area (Å²) in [5, 5.41) is 0. The predicted molar refractivity (Wildman–Crippen MR) is 129 cm³/mol. The number of rotatable bonds is 8. The zero-order chi connectivity index (χ0) is 23.3. The van der Waals surface area contributed by atoms with E-state index in [0.29, 0.717) is 30.0 Å². The van der Waals surface area contributed by atoms with Crippen molar-refractivity contribution in [3.8, 4) is 11.5 Å². The second kappa shape index (κ2) is 10.4. The van der Waals surface area contributed by atoms with Gasteiger partial charge in [0.25, 0.3) is 0 Å². The smallest absolute Gasteiger partial charge is 0.219 e. The topological polar surface area (TPSA) is 42.0 Å². The van der Waals surface area contributed by atoms with Crippen LogP contribution in [0.5, 0.6) is 11.5 Å². The van der Waals surface area contributed by atoms with Crippen LogP contribution < -0.4 is 9.47 Å². The van der Waals surface area contributed by atoms with Gasteiger partial charge in [-0.15, -0.1) is 0 Å². The van der Waals surface area contributed by atoms with E-state index in [4.69, 9.17) is 9.47 Å². The number of piperidine rings is 1. The van der Waals surface area contributed by atoms with Crippen LogP contribution in [0.2, 0.25) is 0 Å². The third kappa shape index (κ3) is 5.09. The Kier molecular flexibility index (Phi) is 7.83. The van der Waals surface area contributed by atoms with Gasteiger partial charge in [-0.25, -0.2) is 0 Å². The molecule has 0 radical (unpaired) electrons. The first-order chi connectivity index (χ1) is 15.3. The highest BCUT2D eigenvalue weighted by Gasteiger charge is 2.43. The molecule has 32 heavy (non-hydrogen) atoms. The van der Waals surface area contributed by atoms with Crippen molar-refractivity contribution in [2.45, 2.75) is 51.6 Å². The Morgan fingerprint density at radius 2 is 1.78 bits per heavy atom. The lowest BCUT2D eigenvalue weighted by Crippen LogP contribution is -2.52. The van der Waals surface area contributed by atoms with E-state index < -0.39 is 0 Å². The van der Waals surface area contributed by atoms with Crippen molar-refractivity contribution >= 4 is 5.91 Å². The maximum Gasteiger partial charge on any atom is 0.219 e. The van der Waals surface area contributed by atoms with Gasteiger partial charge in [0.05, 0.1) is 14.2 Å². The molecule has 0 aliphatic carbocycles. The summed E-state index contributed by atoms with van der Waals surface area (Å²) in [5.41, 5.74) is 2.48. The molecule has 1 aliphatic heterocycles. The van der Waals surface area contributed by atoms with Gasteiger partial charge in [0.1, 0.15) is 0 Å². The summed E-state index contributed by atoms with van der Waals surface area (Å²) < 4.78 is 10.8. The summed E-state index contributed by atoms with van der Waals surface area (Å²) in [6, 6.07) is 17.3. The van der Waals surface area contributed by atoms with E-state index in [-0.39, 0.29) is 11.3 Å². The van der Waals surface area contributed by atoms with E-state index in [1.54, 1.807) is 21.1 Å². The van der Waals surface area contributed by atoms with E-state index >= 15 is 0 Å². The van der Waals surface area contributed by atoms with E-state index in [1.807, 2.05) is 23.1 Å². The standard InChI is InChI=1S/C27H38N2O3/c1-20-18-28(4)21(2)17-27(20,24-10-8-7-9-11-24)14-15-29(22(3)30)19-23-12-13-25(31-5)26(16-23)32-6/h7-13,16,20-21H,14-15,17-19H2,1-6H3/t20-,21-,27+/m0/s1. The third-order valence-electron chi connectivity index (χ3n) is 7.36. The van der Waals surface area contributed by atoms with E-state index in [9.17, 15) is 4.79 Å². The molecule has 2 aromatic carbocycles. The van der Waals surface area contributed by atoms with Gasteiger partial charge in [-0.05, 0) is 56.0 Å². The maximum absolute atomic E-state index is 12.6. The van der Waals surface area contributed by atoms with Crippen molar-refractivity contribution in [1.82, 2.24) is 9.80 Å². The lowest BCUT2D eigenvalue weighted by molar-refractivity contribution is -0.129. The average Bonchev–Trinajstić information content (AvgIpc) is 2.79. The van der Waals surface area contributed by atoms with E-state index in [1.165, 1.54) is 5.56 Å². The normalized spacial score (nSPS) is 23.6. The fourth-order valence-electron chi connectivity index (χ4n) is 5.22. The van der Waals surface area contributed by atoms with Crippen LogP contribution in [-0.4, -0.2) is 56.1 Å². The minimum Gasteiger partial charge on any atom is -0.493 e. The van der Waals surface area contributed by atoms with Crippen LogP contribution in [0.4, 0.5) is 0 Å². The highest BCUT2D eigenvalue weighted by molar-refractivity contribution is 5.73. The molecule has 2 aromatic rings. The number of ether oxygens (including phenoxy) is 2. The Labute approximate surface area is 193 Å². The summed E-state index contributed by atoms with van der Waals surface area (Å²) in [7, 11) is 5.48. The number of likely N-dealkylation sites (tertiary alicyclic amines) is 1. The van der Waals surface area contributed by atoms with E-state index in [2.05, 4.69) is 56.1 Å². The van der Waals surface area contributed by atoms with Gasteiger partial charge in [-0.1, -0.05) is 43.3 Å². The molecule has 3 atom stereocenters.